The summed E-state index contributed by atoms with van der Waals surface area (Å²) < 4.78 is 5.36. The maximum atomic E-state index is 12.1. The standard InChI is InChI=1S/C17H34N2O2/c1-15(2)11-13(12-16(3,4)19-15)10-14(20)18-9-8-17(5,6)21-7/h13,19H,8-12H2,1-7H3,(H,18,20). The number of methoxy groups -OCH3 is 1. The first-order valence-electron chi connectivity index (χ1n) is 8.06. The third kappa shape index (κ3) is 6.79. The Morgan fingerprint density at radius 1 is 1.24 bits per heavy atom. The molecule has 2 N–H and O–H groups in total. The number of amides is 1. The summed E-state index contributed by atoms with van der Waals surface area (Å²) in [6, 6.07) is 0. The Bertz CT molecular complexity index is 346. The van der Waals surface area contributed by atoms with Crippen molar-refractivity contribution in [2.24, 2.45) is 5.92 Å². The Hall–Kier alpha value is -0.610. The van der Waals surface area contributed by atoms with Crippen LogP contribution in [-0.2, 0) is 9.53 Å². The number of rotatable bonds is 6. The molecule has 0 aromatic heterocycles. The van der Waals surface area contributed by atoms with Gasteiger partial charge in [-0.2, -0.15) is 0 Å². The molecule has 1 amide bonds. The predicted octanol–water partition coefficient (Wildman–Crippen LogP) is 2.86. The lowest BCUT2D eigenvalue weighted by Gasteiger charge is -2.46. The van der Waals surface area contributed by atoms with Gasteiger partial charge in [0, 0.05) is 31.2 Å². The fraction of sp³-hybridized carbons (Fsp3) is 0.941. The van der Waals surface area contributed by atoms with Crippen molar-refractivity contribution >= 4 is 5.91 Å². The first kappa shape index (κ1) is 18.4. The largest absolute Gasteiger partial charge is 0.379 e. The lowest BCUT2D eigenvalue weighted by Crippen LogP contribution is -2.58. The van der Waals surface area contributed by atoms with Gasteiger partial charge < -0.3 is 15.4 Å². The van der Waals surface area contributed by atoms with Crippen molar-refractivity contribution in [1.29, 1.82) is 0 Å². The molecule has 1 fully saturated rings. The fourth-order valence-electron chi connectivity index (χ4n) is 3.62. The molecule has 1 heterocycles. The highest BCUT2D eigenvalue weighted by atomic mass is 16.5. The van der Waals surface area contributed by atoms with Gasteiger partial charge in [0.15, 0.2) is 0 Å². The molecule has 1 rings (SSSR count). The van der Waals surface area contributed by atoms with E-state index in [0.29, 0.717) is 18.9 Å². The third-order valence-corrected chi connectivity index (χ3v) is 4.35. The molecule has 4 heteroatoms. The summed E-state index contributed by atoms with van der Waals surface area (Å²) in [4.78, 5) is 12.1. The molecule has 124 valence electrons. The zero-order valence-corrected chi connectivity index (χ0v) is 14.9. The first-order valence-corrected chi connectivity index (χ1v) is 8.06. The Morgan fingerprint density at radius 2 is 1.76 bits per heavy atom. The van der Waals surface area contributed by atoms with Gasteiger partial charge in [-0.1, -0.05) is 0 Å². The van der Waals surface area contributed by atoms with Crippen molar-refractivity contribution in [3.63, 3.8) is 0 Å². The molecule has 21 heavy (non-hydrogen) atoms. The number of piperidine rings is 1. The van der Waals surface area contributed by atoms with E-state index in [2.05, 4.69) is 38.3 Å². The van der Waals surface area contributed by atoms with Crippen LogP contribution in [0.3, 0.4) is 0 Å². The fourth-order valence-corrected chi connectivity index (χ4v) is 3.62. The second-order valence-corrected chi connectivity index (χ2v) is 8.43. The van der Waals surface area contributed by atoms with Crippen molar-refractivity contribution < 1.29 is 9.53 Å². The van der Waals surface area contributed by atoms with Crippen LogP contribution in [0.1, 0.15) is 67.2 Å². The molecule has 1 aliphatic rings. The molecule has 0 aliphatic carbocycles. The van der Waals surface area contributed by atoms with E-state index in [1.807, 2.05) is 13.8 Å². The van der Waals surface area contributed by atoms with Crippen molar-refractivity contribution in [2.45, 2.75) is 83.9 Å². The minimum Gasteiger partial charge on any atom is -0.379 e. The van der Waals surface area contributed by atoms with Gasteiger partial charge in [-0.3, -0.25) is 4.79 Å². The van der Waals surface area contributed by atoms with E-state index in [-0.39, 0.29) is 22.6 Å². The molecule has 4 nitrogen and oxygen atoms in total. The summed E-state index contributed by atoms with van der Waals surface area (Å²) in [6.07, 6.45) is 3.56. The van der Waals surface area contributed by atoms with Crippen molar-refractivity contribution in [3.8, 4) is 0 Å². The minimum absolute atomic E-state index is 0.102. The zero-order chi connectivity index (χ0) is 16.3. The lowest BCUT2D eigenvalue weighted by atomic mass is 9.74. The van der Waals surface area contributed by atoms with Gasteiger partial charge in [-0.25, -0.2) is 0 Å². The van der Waals surface area contributed by atoms with Crippen LogP contribution in [0.15, 0.2) is 0 Å². The average Bonchev–Trinajstić information content (AvgIpc) is 2.23. The molecule has 1 aliphatic heterocycles. The predicted molar refractivity (Wildman–Crippen MR) is 87.3 cm³/mol. The van der Waals surface area contributed by atoms with Crippen molar-refractivity contribution in [1.82, 2.24) is 10.6 Å². The van der Waals surface area contributed by atoms with Gasteiger partial charge in [0.2, 0.25) is 5.91 Å². The Morgan fingerprint density at radius 3 is 2.24 bits per heavy atom. The van der Waals surface area contributed by atoms with Gasteiger partial charge in [0.05, 0.1) is 5.60 Å². The van der Waals surface area contributed by atoms with Gasteiger partial charge in [-0.05, 0) is 66.7 Å². The van der Waals surface area contributed by atoms with Crippen molar-refractivity contribution in [3.05, 3.63) is 0 Å². The summed E-state index contributed by atoms with van der Waals surface area (Å²) in [5.41, 5.74) is 0.0293. The van der Waals surface area contributed by atoms with Crippen LogP contribution in [0.5, 0.6) is 0 Å². The Kier molecular flexibility index (Phi) is 5.84. The number of ether oxygens (including phenoxy) is 1. The lowest BCUT2D eigenvalue weighted by molar-refractivity contribution is -0.122. The SMILES string of the molecule is COC(C)(C)CCNC(=O)CC1CC(C)(C)NC(C)(C)C1. The summed E-state index contributed by atoms with van der Waals surface area (Å²) in [7, 11) is 1.71. The molecule has 0 radical (unpaired) electrons. The summed E-state index contributed by atoms with van der Waals surface area (Å²) in [5.74, 6) is 0.618. The van der Waals surface area contributed by atoms with E-state index in [1.54, 1.807) is 7.11 Å². The van der Waals surface area contributed by atoms with Crippen LogP contribution >= 0.6 is 0 Å². The van der Waals surface area contributed by atoms with Gasteiger partial charge >= 0.3 is 0 Å². The Balaban J connectivity index is 2.41. The normalized spacial score (nSPS) is 22.0. The monoisotopic (exact) mass is 298 g/mol. The molecule has 0 atom stereocenters. The molecular weight excluding hydrogens is 264 g/mol. The molecule has 0 aromatic carbocycles. The number of carbonyl (C=O) groups excluding carboxylic acids is 1. The number of carbonyl (C=O) groups is 1. The van der Waals surface area contributed by atoms with E-state index in [4.69, 9.17) is 4.74 Å². The molecule has 1 saturated heterocycles. The van der Waals surface area contributed by atoms with Crippen LogP contribution in [0.25, 0.3) is 0 Å². The number of hydrogen-bond donors (Lipinski definition) is 2. The maximum Gasteiger partial charge on any atom is 0.220 e. The minimum atomic E-state index is -0.175. The molecule has 0 unspecified atom stereocenters. The van der Waals surface area contributed by atoms with Crippen LogP contribution in [0.4, 0.5) is 0 Å². The molecule has 0 aromatic rings. The summed E-state index contributed by atoms with van der Waals surface area (Å²) >= 11 is 0. The molecular formula is C17H34N2O2. The summed E-state index contributed by atoms with van der Waals surface area (Å²) in [5, 5.41) is 6.69. The summed E-state index contributed by atoms with van der Waals surface area (Å²) in [6.45, 7) is 13.6. The number of hydrogen-bond acceptors (Lipinski definition) is 3. The highest BCUT2D eigenvalue weighted by Gasteiger charge is 2.38. The quantitative estimate of drug-likeness (QED) is 0.793. The van der Waals surface area contributed by atoms with E-state index < -0.39 is 0 Å². The zero-order valence-electron chi connectivity index (χ0n) is 14.9. The van der Waals surface area contributed by atoms with E-state index in [1.165, 1.54) is 0 Å². The van der Waals surface area contributed by atoms with Crippen LogP contribution < -0.4 is 10.6 Å². The second kappa shape index (κ2) is 6.66. The second-order valence-electron chi connectivity index (χ2n) is 8.43. The molecule has 0 spiro atoms. The van der Waals surface area contributed by atoms with E-state index >= 15 is 0 Å². The van der Waals surface area contributed by atoms with Gasteiger partial charge in [-0.15, -0.1) is 0 Å². The van der Waals surface area contributed by atoms with Crippen LogP contribution in [0.2, 0.25) is 0 Å². The molecule has 0 saturated carbocycles. The average molecular weight is 298 g/mol. The molecule has 0 bridgehead atoms. The van der Waals surface area contributed by atoms with Gasteiger partial charge in [0.25, 0.3) is 0 Å². The maximum absolute atomic E-state index is 12.1. The topological polar surface area (TPSA) is 50.4 Å². The Labute approximate surface area is 130 Å². The smallest absolute Gasteiger partial charge is 0.220 e. The van der Waals surface area contributed by atoms with E-state index in [0.717, 1.165) is 19.3 Å². The highest BCUT2D eigenvalue weighted by molar-refractivity contribution is 5.76. The van der Waals surface area contributed by atoms with Crippen LogP contribution in [-0.4, -0.2) is 36.2 Å². The van der Waals surface area contributed by atoms with Crippen LogP contribution in [0, 0.1) is 5.92 Å². The first-order chi connectivity index (χ1) is 9.45. The van der Waals surface area contributed by atoms with Crippen molar-refractivity contribution in [2.75, 3.05) is 13.7 Å². The highest BCUT2D eigenvalue weighted by Crippen LogP contribution is 2.34. The third-order valence-electron chi connectivity index (χ3n) is 4.35. The number of nitrogens with one attached hydrogen (secondary N) is 2. The van der Waals surface area contributed by atoms with Gasteiger partial charge in [0.1, 0.15) is 0 Å². The van der Waals surface area contributed by atoms with E-state index in [9.17, 15) is 4.79 Å².